The van der Waals surface area contributed by atoms with Gasteiger partial charge in [0.25, 0.3) is 5.91 Å². The molecule has 1 aliphatic carbocycles. The number of para-hydroxylation sites is 1. The standard InChI is InChI=1S/C33H33N5O2/c34-25-11-13-26(14-12-25)37-33(39)31-18-22-9-10-23(32(35)36)19-30(22)38(31)20-24-6-4-5-21-17-28(15-16-29(21)24)40-27-7-2-1-3-8-27/h1-10,15-19,25-26H,11-14,20,34H2,(H3,35,36)(H,37,39). The van der Waals surface area contributed by atoms with Gasteiger partial charge in [0.1, 0.15) is 23.0 Å². The van der Waals surface area contributed by atoms with Crippen LogP contribution < -0.4 is 21.5 Å². The Hall–Kier alpha value is -4.62. The molecular formula is C33H33N5O2. The zero-order valence-corrected chi connectivity index (χ0v) is 22.3. The van der Waals surface area contributed by atoms with Gasteiger partial charge in [0.2, 0.25) is 0 Å². The largest absolute Gasteiger partial charge is 0.457 e. The Morgan fingerprint density at radius 1 is 0.875 bits per heavy atom. The number of amides is 1. The second kappa shape index (κ2) is 10.9. The van der Waals surface area contributed by atoms with Crippen molar-refractivity contribution in [1.82, 2.24) is 9.88 Å². The highest BCUT2D eigenvalue weighted by Crippen LogP contribution is 2.30. The van der Waals surface area contributed by atoms with Crippen LogP contribution in [0.15, 0.2) is 91.0 Å². The maximum atomic E-state index is 13.6. The Balaban J connectivity index is 1.37. The Morgan fingerprint density at radius 2 is 1.68 bits per heavy atom. The number of carbonyl (C=O) groups is 1. The van der Waals surface area contributed by atoms with Gasteiger partial charge in [-0.25, -0.2) is 0 Å². The molecule has 6 rings (SSSR count). The van der Waals surface area contributed by atoms with E-state index in [-0.39, 0.29) is 23.8 Å². The molecule has 0 aliphatic heterocycles. The van der Waals surface area contributed by atoms with Gasteiger partial charge in [0, 0.05) is 35.1 Å². The topological polar surface area (TPSA) is 119 Å². The lowest BCUT2D eigenvalue weighted by Gasteiger charge is -2.27. The Morgan fingerprint density at radius 3 is 2.45 bits per heavy atom. The lowest BCUT2D eigenvalue weighted by Crippen LogP contribution is -2.41. The quantitative estimate of drug-likeness (QED) is 0.154. The number of carbonyl (C=O) groups excluding carboxylic acids is 1. The van der Waals surface area contributed by atoms with Crippen molar-refractivity contribution >= 4 is 33.4 Å². The SMILES string of the molecule is N=C(N)c1ccc2cc(C(=O)NC3CCC(N)CC3)n(Cc3cccc4cc(Oc5ccccc5)ccc34)c2c1. The number of nitrogens with one attached hydrogen (secondary N) is 2. The molecule has 1 amide bonds. The van der Waals surface area contributed by atoms with Gasteiger partial charge in [-0.05, 0) is 78.4 Å². The summed E-state index contributed by atoms with van der Waals surface area (Å²) in [5.74, 6) is 1.45. The maximum Gasteiger partial charge on any atom is 0.268 e. The smallest absolute Gasteiger partial charge is 0.268 e. The summed E-state index contributed by atoms with van der Waals surface area (Å²) in [6, 6.07) is 29.9. The predicted molar refractivity (Wildman–Crippen MR) is 160 cm³/mol. The third kappa shape index (κ3) is 5.28. The van der Waals surface area contributed by atoms with Crippen LogP contribution in [0.25, 0.3) is 21.7 Å². The summed E-state index contributed by atoms with van der Waals surface area (Å²) >= 11 is 0. The molecule has 1 fully saturated rings. The van der Waals surface area contributed by atoms with Crippen LogP contribution >= 0.6 is 0 Å². The minimum atomic E-state index is -0.0974. The summed E-state index contributed by atoms with van der Waals surface area (Å²) in [5.41, 5.74) is 15.1. The van der Waals surface area contributed by atoms with E-state index in [1.54, 1.807) is 0 Å². The normalized spacial score (nSPS) is 17.1. The van der Waals surface area contributed by atoms with Gasteiger partial charge in [-0.2, -0.15) is 0 Å². The molecular weight excluding hydrogens is 498 g/mol. The van der Waals surface area contributed by atoms with E-state index >= 15 is 0 Å². The first-order valence-electron chi connectivity index (χ1n) is 13.7. The van der Waals surface area contributed by atoms with Gasteiger partial charge in [-0.15, -0.1) is 0 Å². The van der Waals surface area contributed by atoms with E-state index in [2.05, 4.69) is 23.5 Å². The average Bonchev–Trinajstić information content (AvgIpc) is 3.32. The Labute approximate surface area is 233 Å². The Kier molecular flexibility index (Phi) is 6.97. The molecule has 202 valence electrons. The van der Waals surface area contributed by atoms with E-state index in [4.69, 9.17) is 21.6 Å². The maximum absolute atomic E-state index is 13.6. The zero-order valence-electron chi connectivity index (χ0n) is 22.3. The van der Waals surface area contributed by atoms with Crippen LogP contribution in [0, 0.1) is 5.41 Å². The number of amidine groups is 1. The van der Waals surface area contributed by atoms with Gasteiger partial charge in [0.05, 0.1) is 0 Å². The number of benzene rings is 4. The fourth-order valence-electron chi connectivity index (χ4n) is 5.63. The minimum absolute atomic E-state index is 0.00435. The zero-order chi connectivity index (χ0) is 27.6. The second-order valence-electron chi connectivity index (χ2n) is 10.6. The highest BCUT2D eigenvalue weighted by molar-refractivity contribution is 6.02. The van der Waals surface area contributed by atoms with Crippen LogP contribution in [0.5, 0.6) is 11.5 Å². The Bertz CT molecular complexity index is 1700. The molecule has 0 unspecified atom stereocenters. The van der Waals surface area contributed by atoms with Crippen LogP contribution in [-0.4, -0.2) is 28.4 Å². The average molecular weight is 532 g/mol. The molecule has 0 spiro atoms. The van der Waals surface area contributed by atoms with Crippen molar-refractivity contribution in [1.29, 1.82) is 5.41 Å². The monoisotopic (exact) mass is 531 g/mol. The van der Waals surface area contributed by atoms with E-state index < -0.39 is 0 Å². The number of aromatic nitrogens is 1. The van der Waals surface area contributed by atoms with Crippen molar-refractivity contribution in [3.05, 3.63) is 108 Å². The molecule has 1 heterocycles. The molecule has 7 nitrogen and oxygen atoms in total. The van der Waals surface area contributed by atoms with Crippen LogP contribution in [0.3, 0.4) is 0 Å². The molecule has 0 saturated heterocycles. The molecule has 0 radical (unpaired) electrons. The van der Waals surface area contributed by atoms with Crippen LogP contribution in [0.1, 0.15) is 47.3 Å². The summed E-state index contributed by atoms with van der Waals surface area (Å²) in [6.45, 7) is 0.485. The van der Waals surface area contributed by atoms with Gasteiger partial charge < -0.3 is 26.1 Å². The number of fused-ring (bicyclic) bond motifs is 2. The van der Waals surface area contributed by atoms with Crippen molar-refractivity contribution in [3.8, 4) is 11.5 Å². The first-order valence-corrected chi connectivity index (χ1v) is 13.7. The van der Waals surface area contributed by atoms with Gasteiger partial charge in [0.15, 0.2) is 0 Å². The van der Waals surface area contributed by atoms with Crippen LogP contribution in [0.2, 0.25) is 0 Å². The molecule has 0 atom stereocenters. The highest BCUT2D eigenvalue weighted by atomic mass is 16.5. The predicted octanol–water partition coefficient (Wildman–Crippen LogP) is 5.92. The number of ether oxygens (including phenoxy) is 1. The number of nitrogens with zero attached hydrogens (tertiary/aromatic N) is 1. The molecule has 0 bridgehead atoms. The fourth-order valence-corrected chi connectivity index (χ4v) is 5.63. The first kappa shape index (κ1) is 25.6. The van der Waals surface area contributed by atoms with Gasteiger partial charge in [-0.1, -0.05) is 54.6 Å². The van der Waals surface area contributed by atoms with E-state index in [1.807, 2.05) is 77.4 Å². The lowest BCUT2D eigenvalue weighted by molar-refractivity contribution is 0.0917. The molecule has 1 aliphatic rings. The summed E-state index contributed by atoms with van der Waals surface area (Å²) < 4.78 is 8.09. The fraction of sp³-hybridized carbons (Fsp3) is 0.212. The van der Waals surface area contributed by atoms with Crippen molar-refractivity contribution in [3.63, 3.8) is 0 Å². The van der Waals surface area contributed by atoms with E-state index in [9.17, 15) is 4.79 Å². The highest BCUT2D eigenvalue weighted by Gasteiger charge is 2.23. The number of nitrogen functional groups attached to an aromatic ring is 1. The number of rotatable bonds is 7. The van der Waals surface area contributed by atoms with E-state index in [0.29, 0.717) is 17.8 Å². The summed E-state index contributed by atoms with van der Waals surface area (Å²) in [4.78, 5) is 13.6. The first-order chi connectivity index (χ1) is 19.4. The van der Waals surface area contributed by atoms with Gasteiger partial charge in [-0.3, -0.25) is 10.2 Å². The molecule has 5 aromatic rings. The summed E-state index contributed by atoms with van der Waals surface area (Å²) in [6.07, 6.45) is 3.61. The van der Waals surface area contributed by atoms with E-state index in [1.165, 1.54) is 0 Å². The molecule has 7 heteroatoms. The molecule has 6 N–H and O–H groups in total. The summed E-state index contributed by atoms with van der Waals surface area (Å²) in [5, 5.41) is 14.3. The molecule has 40 heavy (non-hydrogen) atoms. The molecule has 1 saturated carbocycles. The third-order valence-corrected chi connectivity index (χ3v) is 7.80. The van der Waals surface area contributed by atoms with E-state index in [0.717, 1.165) is 64.4 Å². The number of hydrogen-bond donors (Lipinski definition) is 4. The van der Waals surface area contributed by atoms with Crippen molar-refractivity contribution in [2.75, 3.05) is 0 Å². The van der Waals surface area contributed by atoms with Crippen molar-refractivity contribution < 1.29 is 9.53 Å². The number of hydrogen-bond acceptors (Lipinski definition) is 4. The van der Waals surface area contributed by atoms with Crippen LogP contribution in [0.4, 0.5) is 0 Å². The molecule has 1 aromatic heterocycles. The summed E-state index contributed by atoms with van der Waals surface area (Å²) in [7, 11) is 0. The van der Waals surface area contributed by atoms with Crippen LogP contribution in [-0.2, 0) is 6.54 Å². The van der Waals surface area contributed by atoms with Crippen molar-refractivity contribution in [2.45, 2.75) is 44.3 Å². The van der Waals surface area contributed by atoms with Gasteiger partial charge >= 0.3 is 0 Å². The lowest BCUT2D eigenvalue weighted by atomic mass is 9.92. The molecule has 4 aromatic carbocycles. The minimum Gasteiger partial charge on any atom is -0.457 e. The third-order valence-electron chi connectivity index (χ3n) is 7.80. The second-order valence-corrected chi connectivity index (χ2v) is 10.6. The van der Waals surface area contributed by atoms with Crippen molar-refractivity contribution in [2.24, 2.45) is 11.5 Å². The number of nitrogens with two attached hydrogens (primary N) is 2.